The monoisotopic (exact) mass is 350 g/mol. The topological polar surface area (TPSA) is 166 Å². The zero-order chi connectivity index (χ0) is 15.9. The van der Waals surface area contributed by atoms with Gasteiger partial charge < -0.3 is 9.79 Å². The van der Waals surface area contributed by atoms with Crippen LogP contribution in [0.2, 0.25) is 0 Å². The first-order valence-corrected chi connectivity index (χ1v) is 9.21. The Morgan fingerprint density at radius 1 is 1.00 bits per heavy atom. The average molecular weight is 350 g/mol. The normalized spacial score (nSPS) is 13.4. The van der Waals surface area contributed by atoms with Crippen LogP contribution in [0.4, 0.5) is 4.39 Å². The van der Waals surface area contributed by atoms with Gasteiger partial charge in [-0.2, -0.15) is 16.8 Å². The second-order valence-electron chi connectivity index (χ2n) is 3.68. The quantitative estimate of drug-likeness (QED) is 0.431. The summed E-state index contributed by atoms with van der Waals surface area (Å²) < 4.78 is 85.5. The third-order valence-electron chi connectivity index (χ3n) is 2.01. The highest BCUT2D eigenvalue weighted by Gasteiger charge is 2.28. The molecule has 0 fully saturated rings. The highest BCUT2D eigenvalue weighted by atomic mass is 32.2. The van der Waals surface area contributed by atoms with Crippen molar-refractivity contribution in [2.45, 2.75) is 16.0 Å². The highest BCUT2D eigenvalue weighted by Crippen LogP contribution is 2.40. The Kier molecular flexibility index (Phi) is 4.42. The molecule has 0 aliphatic rings. The second kappa shape index (κ2) is 5.15. The predicted molar refractivity (Wildman–Crippen MR) is 61.8 cm³/mol. The largest absolute Gasteiger partial charge is 0.329 e. The van der Waals surface area contributed by atoms with E-state index in [-0.39, 0.29) is 0 Å². The van der Waals surface area contributed by atoms with Gasteiger partial charge in [0, 0.05) is 0 Å². The van der Waals surface area contributed by atoms with Crippen LogP contribution in [0.1, 0.15) is 5.56 Å². The molecule has 1 aromatic rings. The molecule has 0 saturated carbocycles. The summed E-state index contributed by atoms with van der Waals surface area (Å²) in [6.07, 6.45) is -1.11. The summed E-state index contributed by atoms with van der Waals surface area (Å²) in [4.78, 5) is 14.4. The van der Waals surface area contributed by atoms with Gasteiger partial charge in [-0.05, 0) is 17.7 Å². The van der Waals surface area contributed by atoms with Gasteiger partial charge in [0.15, 0.2) is 5.82 Å². The van der Waals surface area contributed by atoms with Crippen molar-refractivity contribution in [2.24, 2.45) is 0 Å². The fourth-order valence-corrected chi connectivity index (χ4v) is 3.33. The summed E-state index contributed by atoms with van der Waals surface area (Å²) >= 11 is 0. The summed E-state index contributed by atoms with van der Waals surface area (Å²) in [5, 5.41) is 0. The van der Waals surface area contributed by atoms with Crippen molar-refractivity contribution in [3.63, 3.8) is 0 Å². The molecule has 9 nitrogen and oxygen atoms in total. The third-order valence-corrected chi connectivity index (χ3v) is 4.49. The maximum atomic E-state index is 13.6. The Bertz CT molecular complexity index is 739. The number of halogens is 1. The highest BCUT2D eigenvalue weighted by molar-refractivity contribution is 7.86. The summed E-state index contributed by atoms with van der Waals surface area (Å²) in [6.45, 7) is 0. The van der Waals surface area contributed by atoms with Crippen LogP contribution >= 0.6 is 7.60 Å². The van der Waals surface area contributed by atoms with Gasteiger partial charge in [-0.3, -0.25) is 13.7 Å². The minimum atomic E-state index is -5.20. The summed E-state index contributed by atoms with van der Waals surface area (Å²) in [6, 6.07) is 0.719. The minimum absolute atomic E-state index is 0.360. The van der Waals surface area contributed by atoms with Crippen LogP contribution in [0, 0.1) is 5.82 Å². The molecule has 0 aromatic heterocycles. The first-order valence-electron chi connectivity index (χ1n) is 4.54. The molecular formula is C7H8FO9PS2. The molecule has 4 N–H and O–H groups in total. The van der Waals surface area contributed by atoms with Crippen molar-refractivity contribution in [3.8, 4) is 0 Å². The molecule has 1 rings (SSSR count). The molecular weight excluding hydrogens is 342 g/mol. The smallest absolute Gasteiger partial charge is 0.324 e. The lowest BCUT2D eigenvalue weighted by Crippen LogP contribution is -2.10. The van der Waals surface area contributed by atoms with Gasteiger partial charge in [0.2, 0.25) is 0 Å². The minimum Gasteiger partial charge on any atom is -0.324 e. The van der Waals surface area contributed by atoms with E-state index < -0.39 is 55.2 Å². The van der Waals surface area contributed by atoms with Crippen LogP contribution in [0.15, 0.2) is 21.9 Å². The molecule has 20 heavy (non-hydrogen) atoms. The third kappa shape index (κ3) is 4.31. The first kappa shape index (κ1) is 17.2. The van der Waals surface area contributed by atoms with E-state index in [4.69, 9.17) is 18.9 Å². The van der Waals surface area contributed by atoms with E-state index in [0.717, 1.165) is 0 Å². The van der Waals surface area contributed by atoms with E-state index >= 15 is 0 Å². The molecule has 0 saturated heterocycles. The fourth-order valence-electron chi connectivity index (χ4n) is 1.33. The predicted octanol–water partition coefficient (Wildman–Crippen LogP) is -0.00320. The van der Waals surface area contributed by atoms with Gasteiger partial charge in [-0.1, -0.05) is 0 Å². The summed E-state index contributed by atoms with van der Waals surface area (Å²) in [5.41, 5.74) is -0.597. The van der Waals surface area contributed by atoms with Crippen LogP contribution in [-0.4, -0.2) is 35.7 Å². The number of hydrogen-bond acceptors (Lipinski definition) is 5. The average Bonchev–Trinajstić information content (AvgIpc) is 2.14. The van der Waals surface area contributed by atoms with Gasteiger partial charge >= 0.3 is 7.60 Å². The van der Waals surface area contributed by atoms with Crippen LogP contribution in [0.3, 0.4) is 0 Å². The van der Waals surface area contributed by atoms with Crippen LogP contribution in [0.25, 0.3) is 0 Å². The Balaban J connectivity index is 3.72. The zero-order valence-corrected chi connectivity index (χ0v) is 11.9. The SMILES string of the molecule is O=P(O)(O)Cc1cc(S(=O)(=O)O)c(F)c(S(=O)(=O)O)c1. The van der Waals surface area contributed by atoms with Crippen LogP contribution in [-0.2, 0) is 31.0 Å². The molecule has 0 aliphatic carbocycles. The molecule has 114 valence electrons. The van der Waals surface area contributed by atoms with Crippen LogP contribution in [0.5, 0.6) is 0 Å². The van der Waals surface area contributed by atoms with E-state index in [2.05, 4.69) is 0 Å². The van der Waals surface area contributed by atoms with E-state index in [1.54, 1.807) is 0 Å². The van der Waals surface area contributed by atoms with Crippen LogP contribution < -0.4 is 0 Å². The van der Waals surface area contributed by atoms with Crippen molar-refractivity contribution in [1.82, 2.24) is 0 Å². The first-order chi connectivity index (χ1) is 8.72. The Morgan fingerprint density at radius 3 is 1.60 bits per heavy atom. The maximum absolute atomic E-state index is 13.6. The van der Waals surface area contributed by atoms with E-state index in [1.807, 2.05) is 0 Å². The van der Waals surface area contributed by atoms with E-state index in [0.29, 0.717) is 12.1 Å². The molecule has 0 radical (unpaired) electrons. The molecule has 0 atom stereocenters. The summed E-state index contributed by atoms with van der Waals surface area (Å²) in [5.74, 6) is -1.95. The Hall–Kier alpha value is -0.880. The molecule has 0 amide bonds. The zero-order valence-electron chi connectivity index (χ0n) is 9.33. The standard InChI is InChI=1S/C7H8FO9PS2/c8-7-5(19(12,13)14)1-4(3-18(9,10)11)2-6(7)20(15,16)17/h1-2H,3H2,(H2,9,10,11)(H,12,13,14)(H,15,16,17). The van der Waals surface area contributed by atoms with E-state index in [1.165, 1.54) is 0 Å². The molecule has 0 aliphatic heterocycles. The van der Waals surface area contributed by atoms with Gasteiger partial charge in [-0.25, -0.2) is 4.39 Å². The number of hydrogen-bond donors (Lipinski definition) is 4. The maximum Gasteiger partial charge on any atom is 0.329 e. The molecule has 0 bridgehead atoms. The Morgan fingerprint density at radius 2 is 1.35 bits per heavy atom. The van der Waals surface area contributed by atoms with Crippen molar-refractivity contribution >= 4 is 27.8 Å². The number of benzene rings is 1. The summed E-state index contributed by atoms with van der Waals surface area (Å²) in [7, 11) is -15.1. The Labute approximate surface area is 112 Å². The van der Waals surface area contributed by atoms with Crippen molar-refractivity contribution in [1.29, 1.82) is 0 Å². The second-order valence-corrected chi connectivity index (χ2v) is 8.10. The van der Waals surface area contributed by atoms with Gasteiger partial charge in [0.05, 0.1) is 6.16 Å². The van der Waals surface area contributed by atoms with Crippen molar-refractivity contribution < 1.29 is 44.7 Å². The lowest BCUT2D eigenvalue weighted by Gasteiger charge is -2.09. The lowest BCUT2D eigenvalue weighted by molar-refractivity contribution is 0.371. The van der Waals surface area contributed by atoms with Gasteiger partial charge in [-0.15, -0.1) is 0 Å². The van der Waals surface area contributed by atoms with Gasteiger partial charge in [0.25, 0.3) is 20.2 Å². The fraction of sp³-hybridized carbons (Fsp3) is 0.143. The lowest BCUT2D eigenvalue weighted by atomic mass is 10.2. The number of rotatable bonds is 4. The molecule has 1 aromatic carbocycles. The van der Waals surface area contributed by atoms with Crippen molar-refractivity contribution in [3.05, 3.63) is 23.5 Å². The van der Waals surface area contributed by atoms with Gasteiger partial charge in [0.1, 0.15) is 9.79 Å². The molecule has 0 heterocycles. The molecule has 0 spiro atoms. The van der Waals surface area contributed by atoms with E-state index in [9.17, 15) is 25.8 Å². The molecule has 13 heteroatoms. The molecule has 0 unspecified atom stereocenters. The van der Waals surface area contributed by atoms with Crippen molar-refractivity contribution in [2.75, 3.05) is 0 Å².